The maximum absolute atomic E-state index is 14.7. The Morgan fingerprint density at radius 2 is 2.06 bits per heavy atom. The highest BCUT2D eigenvalue weighted by molar-refractivity contribution is 5.94. The first-order valence-corrected chi connectivity index (χ1v) is 10.3. The quantitative estimate of drug-likeness (QED) is 0.682. The first kappa shape index (κ1) is 21.5. The van der Waals surface area contributed by atoms with E-state index in [0.29, 0.717) is 24.2 Å². The fourth-order valence-electron chi connectivity index (χ4n) is 3.84. The average molecular weight is 434 g/mol. The molecule has 32 heavy (non-hydrogen) atoms. The monoisotopic (exact) mass is 434 g/mol. The molecule has 9 heteroatoms. The highest BCUT2D eigenvalue weighted by Crippen LogP contribution is 2.24. The number of likely N-dealkylation sites (N-methyl/N-ethyl adjacent to an activating group) is 1. The van der Waals surface area contributed by atoms with Gasteiger partial charge in [-0.15, -0.1) is 0 Å². The summed E-state index contributed by atoms with van der Waals surface area (Å²) in [4.78, 5) is 34.0. The van der Waals surface area contributed by atoms with E-state index in [9.17, 15) is 14.0 Å². The number of H-pyrrole nitrogens is 1. The highest BCUT2D eigenvalue weighted by atomic mass is 19.1. The molecule has 1 aromatic carbocycles. The molecule has 164 valence electrons. The van der Waals surface area contributed by atoms with E-state index in [1.807, 2.05) is 13.1 Å². The molecule has 0 saturated carbocycles. The van der Waals surface area contributed by atoms with E-state index >= 15 is 0 Å². The molecular formula is C23H23FN6O2. The van der Waals surface area contributed by atoms with Crippen LogP contribution in [-0.2, 0) is 0 Å². The van der Waals surface area contributed by atoms with Crippen LogP contribution in [0.25, 0.3) is 16.9 Å². The molecular weight excluding hydrogens is 411 g/mol. The molecule has 8 nitrogen and oxygen atoms in total. The number of aromatic nitrogens is 3. The van der Waals surface area contributed by atoms with E-state index in [4.69, 9.17) is 5.26 Å². The van der Waals surface area contributed by atoms with Gasteiger partial charge in [-0.1, -0.05) is 0 Å². The molecule has 1 unspecified atom stereocenters. The summed E-state index contributed by atoms with van der Waals surface area (Å²) in [5, 5.41) is 11.9. The third-order valence-electron chi connectivity index (χ3n) is 5.87. The lowest BCUT2D eigenvalue weighted by Crippen LogP contribution is -2.52. The van der Waals surface area contributed by atoms with Gasteiger partial charge in [-0.25, -0.2) is 14.1 Å². The second kappa shape index (κ2) is 8.40. The maximum atomic E-state index is 14.7. The van der Waals surface area contributed by atoms with Gasteiger partial charge in [-0.3, -0.25) is 14.7 Å². The van der Waals surface area contributed by atoms with Crippen molar-refractivity contribution in [2.45, 2.75) is 19.9 Å². The summed E-state index contributed by atoms with van der Waals surface area (Å²) < 4.78 is 15.8. The Hall–Kier alpha value is -3.77. The Labute approximate surface area is 184 Å². The van der Waals surface area contributed by atoms with Crippen molar-refractivity contribution in [3.8, 4) is 23.0 Å². The Balaban J connectivity index is 1.61. The number of hydrogen-bond donors (Lipinski definition) is 1. The van der Waals surface area contributed by atoms with Crippen molar-refractivity contribution >= 4 is 5.91 Å². The smallest absolute Gasteiger partial charge is 0.280 e. The van der Waals surface area contributed by atoms with E-state index in [0.717, 1.165) is 6.54 Å². The van der Waals surface area contributed by atoms with Crippen molar-refractivity contribution < 1.29 is 9.18 Å². The Bertz CT molecular complexity index is 1270. The van der Waals surface area contributed by atoms with Gasteiger partial charge >= 0.3 is 0 Å². The van der Waals surface area contributed by atoms with E-state index in [-0.39, 0.29) is 34.5 Å². The summed E-state index contributed by atoms with van der Waals surface area (Å²) in [6.45, 7) is 5.90. The number of piperazine rings is 1. The molecule has 0 spiro atoms. The molecule has 0 radical (unpaired) electrons. The third-order valence-corrected chi connectivity index (χ3v) is 5.87. The lowest BCUT2D eigenvalue weighted by Gasteiger charge is -2.37. The van der Waals surface area contributed by atoms with Crippen LogP contribution in [0.5, 0.6) is 0 Å². The van der Waals surface area contributed by atoms with Crippen molar-refractivity contribution in [1.82, 2.24) is 24.6 Å². The second-order valence-electron chi connectivity index (χ2n) is 8.10. The minimum absolute atomic E-state index is 0.0533. The number of carbonyl (C=O) groups is 1. The number of nitrogens with one attached hydrogen (secondary N) is 1. The molecule has 1 fully saturated rings. The summed E-state index contributed by atoms with van der Waals surface area (Å²) >= 11 is 0. The standard InChI is InChI=1S/C23H23FN6O2/c1-14-8-17(10-25)21(24)18(9-14)19-12-27-30(23(19)32)20-5-4-16(11-26-20)22(31)29-7-6-28(3)15(2)13-29/h4-5,8-9,11-12,15,27H,6-7,13H2,1-3H3. The number of rotatable bonds is 3. The van der Waals surface area contributed by atoms with Crippen LogP contribution in [0.4, 0.5) is 4.39 Å². The van der Waals surface area contributed by atoms with Crippen LogP contribution in [0.2, 0.25) is 0 Å². The number of hydrogen-bond acceptors (Lipinski definition) is 5. The van der Waals surface area contributed by atoms with Crippen molar-refractivity contribution in [1.29, 1.82) is 5.26 Å². The van der Waals surface area contributed by atoms with Crippen LogP contribution in [0.15, 0.2) is 41.5 Å². The first-order chi connectivity index (χ1) is 15.3. The van der Waals surface area contributed by atoms with E-state index in [1.54, 1.807) is 24.0 Å². The van der Waals surface area contributed by atoms with Gasteiger partial charge in [0, 0.05) is 43.6 Å². The molecule has 0 aliphatic carbocycles. The average Bonchev–Trinajstić information content (AvgIpc) is 3.17. The van der Waals surface area contributed by atoms with E-state index in [2.05, 4.69) is 21.9 Å². The topological polar surface area (TPSA) is 98.0 Å². The van der Waals surface area contributed by atoms with E-state index < -0.39 is 11.4 Å². The zero-order chi connectivity index (χ0) is 23.0. The SMILES string of the molecule is Cc1cc(C#N)c(F)c(-c2c[nH]n(-c3ccc(C(=O)N4CCN(C)C(C)C4)cn3)c2=O)c1. The van der Waals surface area contributed by atoms with Crippen LogP contribution in [0.3, 0.4) is 0 Å². The minimum Gasteiger partial charge on any atom is -0.336 e. The fraction of sp³-hybridized carbons (Fsp3) is 0.304. The summed E-state index contributed by atoms with van der Waals surface area (Å²) in [7, 11) is 2.04. The number of halogens is 1. The molecule has 3 aromatic rings. The maximum Gasteiger partial charge on any atom is 0.280 e. The van der Waals surface area contributed by atoms with Crippen LogP contribution in [-0.4, -0.2) is 63.2 Å². The third kappa shape index (κ3) is 3.81. The van der Waals surface area contributed by atoms with Gasteiger partial charge in [-0.05, 0) is 50.7 Å². The van der Waals surface area contributed by atoms with Crippen LogP contribution >= 0.6 is 0 Å². The molecule has 1 atom stereocenters. The number of amides is 1. The van der Waals surface area contributed by atoms with Gasteiger partial charge in [0.2, 0.25) is 0 Å². The number of pyridine rings is 1. The van der Waals surface area contributed by atoms with Crippen molar-refractivity contribution in [2.24, 2.45) is 0 Å². The predicted molar refractivity (Wildman–Crippen MR) is 117 cm³/mol. The van der Waals surface area contributed by atoms with Gasteiger partial charge in [0.15, 0.2) is 5.82 Å². The largest absolute Gasteiger partial charge is 0.336 e. The van der Waals surface area contributed by atoms with Gasteiger partial charge in [0.25, 0.3) is 11.5 Å². The molecule has 0 bridgehead atoms. The van der Waals surface area contributed by atoms with E-state index in [1.165, 1.54) is 29.2 Å². The molecule has 3 heterocycles. The second-order valence-corrected chi connectivity index (χ2v) is 8.10. The Kier molecular flexibility index (Phi) is 5.63. The number of carbonyl (C=O) groups excluding carboxylic acids is 1. The van der Waals surface area contributed by atoms with Gasteiger partial charge in [-0.2, -0.15) is 5.26 Å². The van der Waals surface area contributed by atoms with Crippen LogP contribution in [0.1, 0.15) is 28.4 Å². The summed E-state index contributed by atoms with van der Waals surface area (Å²) in [6.07, 6.45) is 2.82. The van der Waals surface area contributed by atoms with Crippen molar-refractivity contribution in [2.75, 3.05) is 26.7 Å². The number of nitriles is 1. The Morgan fingerprint density at radius 1 is 1.28 bits per heavy atom. The molecule has 1 amide bonds. The van der Waals surface area contributed by atoms with Crippen LogP contribution < -0.4 is 5.56 Å². The minimum atomic E-state index is -0.739. The molecule has 2 aromatic heterocycles. The lowest BCUT2D eigenvalue weighted by atomic mass is 10.0. The molecule has 1 saturated heterocycles. The summed E-state index contributed by atoms with van der Waals surface area (Å²) in [6, 6.07) is 8.24. The molecule has 1 aliphatic rings. The molecule has 1 aliphatic heterocycles. The van der Waals surface area contributed by atoms with Gasteiger partial charge in [0.05, 0.1) is 16.7 Å². The number of benzene rings is 1. The zero-order valence-electron chi connectivity index (χ0n) is 18.1. The number of nitrogens with zero attached hydrogens (tertiary/aromatic N) is 5. The fourth-order valence-corrected chi connectivity index (χ4v) is 3.84. The zero-order valence-corrected chi connectivity index (χ0v) is 18.1. The number of aromatic amines is 1. The molecule has 1 N–H and O–H groups in total. The van der Waals surface area contributed by atoms with Crippen molar-refractivity contribution in [3.05, 3.63) is 69.5 Å². The Morgan fingerprint density at radius 3 is 2.72 bits per heavy atom. The first-order valence-electron chi connectivity index (χ1n) is 10.3. The van der Waals surface area contributed by atoms with Crippen LogP contribution in [0, 0.1) is 24.1 Å². The van der Waals surface area contributed by atoms with Crippen molar-refractivity contribution in [3.63, 3.8) is 0 Å². The summed E-state index contributed by atoms with van der Waals surface area (Å²) in [5.41, 5.74) is 0.635. The summed E-state index contributed by atoms with van der Waals surface area (Å²) in [5.74, 6) is -0.566. The predicted octanol–water partition coefficient (Wildman–Crippen LogP) is 2.32. The number of aryl methyl sites for hydroxylation is 1. The highest BCUT2D eigenvalue weighted by Gasteiger charge is 2.25. The normalized spacial score (nSPS) is 16.7. The van der Waals surface area contributed by atoms with Gasteiger partial charge in [0.1, 0.15) is 11.9 Å². The molecule has 4 rings (SSSR count). The lowest BCUT2D eigenvalue weighted by molar-refractivity contribution is 0.0572. The van der Waals surface area contributed by atoms with Gasteiger partial charge < -0.3 is 9.80 Å².